The van der Waals surface area contributed by atoms with E-state index in [-0.39, 0.29) is 56.6 Å². The summed E-state index contributed by atoms with van der Waals surface area (Å²) in [6, 6.07) is 37.9. The van der Waals surface area contributed by atoms with E-state index >= 15 is 0 Å². The van der Waals surface area contributed by atoms with Gasteiger partial charge >= 0.3 is 15.2 Å². The minimum atomic E-state index is -4.73. The molecule has 2 unspecified atom stereocenters. The molecule has 306 valence electrons. The summed E-state index contributed by atoms with van der Waals surface area (Å²) in [5.41, 5.74) is -0.372. The number of carbonyl (C=O) groups excluding carboxylic acids is 2. The molecule has 9 rings (SSSR count). The van der Waals surface area contributed by atoms with Crippen LogP contribution in [0.25, 0.3) is 54.2 Å². The standard InChI is InChI=1S/C46H36N2O10P2S/c1-3-57-59(51,52)41-23-37-38-24-42(60(53,54)58-4-2)40(48-46(50)34-16-14-32-18-28-10-6-8-12-30(28)20-36(32)22-34)26-44(38)61(55,56)43(37)25-39(41)47-45(49)33-15-13-31-17-27-9-5-7-11-29(27)19-35(31)21-33/h5-26H,3-4H2,1-2H3,(H,47,49)(H,48,50)(H,51,52)(H,53,54). The van der Waals surface area contributed by atoms with Gasteiger partial charge in [0.1, 0.15) is 0 Å². The zero-order chi connectivity index (χ0) is 42.8. The summed E-state index contributed by atoms with van der Waals surface area (Å²) < 4.78 is 66.9. The molecule has 8 aromatic carbocycles. The maximum atomic E-state index is 14.4. The van der Waals surface area contributed by atoms with E-state index in [0.717, 1.165) is 67.4 Å². The van der Waals surface area contributed by atoms with E-state index in [1.54, 1.807) is 36.4 Å². The van der Waals surface area contributed by atoms with Gasteiger partial charge in [-0.05, 0) is 130 Å². The maximum Gasteiger partial charge on any atom is 0.360 e. The first-order valence-corrected chi connectivity index (χ1v) is 23.9. The van der Waals surface area contributed by atoms with Crippen LogP contribution < -0.4 is 21.2 Å². The topological polar surface area (TPSA) is 185 Å². The lowest BCUT2D eigenvalue weighted by molar-refractivity contribution is 0.101. The van der Waals surface area contributed by atoms with Crippen molar-refractivity contribution < 1.29 is 46.0 Å². The Labute approximate surface area is 349 Å². The minimum absolute atomic E-state index is 0.0908. The molecule has 12 nitrogen and oxygen atoms in total. The molecule has 8 aromatic rings. The molecular weight excluding hydrogens is 835 g/mol. The Balaban J connectivity index is 1.13. The molecule has 4 N–H and O–H groups in total. The van der Waals surface area contributed by atoms with Crippen LogP contribution in [0.4, 0.5) is 11.4 Å². The molecule has 61 heavy (non-hydrogen) atoms. The summed E-state index contributed by atoms with van der Waals surface area (Å²) in [5.74, 6) is -1.37. The van der Waals surface area contributed by atoms with Crippen LogP contribution in [0, 0.1) is 0 Å². The van der Waals surface area contributed by atoms with Gasteiger partial charge in [0.25, 0.3) is 11.8 Å². The van der Waals surface area contributed by atoms with Gasteiger partial charge in [-0.3, -0.25) is 18.7 Å². The quantitative estimate of drug-likeness (QED) is 0.0763. The highest BCUT2D eigenvalue weighted by Gasteiger charge is 2.40. The highest BCUT2D eigenvalue weighted by molar-refractivity contribution is 7.92. The largest absolute Gasteiger partial charge is 0.360 e. The van der Waals surface area contributed by atoms with Gasteiger partial charge in [0.2, 0.25) is 9.84 Å². The fourth-order valence-corrected chi connectivity index (χ4v) is 11.9. The maximum absolute atomic E-state index is 14.4. The number of hydrogen-bond acceptors (Lipinski definition) is 8. The highest BCUT2D eigenvalue weighted by Crippen LogP contribution is 2.52. The smallest absolute Gasteiger partial charge is 0.321 e. The van der Waals surface area contributed by atoms with Crippen LogP contribution in [0.15, 0.2) is 143 Å². The second kappa shape index (κ2) is 15.2. The Hall–Kier alpha value is -6.01. The zero-order valence-corrected chi connectivity index (χ0v) is 35.2. The summed E-state index contributed by atoms with van der Waals surface area (Å²) in [6.45, 7) is 2.60. The molecule has 1 aliphatic heterocycles. The number of anilines is 2. The van der Waals surface area contributed by atoms with Gasteiger partial charge in [-0.1, -0.05) is 60.7 Å². The van der Waals surface area contributed by atoms with Crippen molar-refractivity contribution in [2.75, 3.05) is 23.8 Å². The lowest BCUT2D eigenvalue weighted by atomic mass is 10.0. The number of fused-ring (bicyclic) bond motifs is 7. The summed E-state index contributed by atoms with van der Waals surface area (Å²) in [5, 5.41) is 11.7. The molecule has 0 spiro atoms. The Bertz CT molecular complexity index is 3190. The second-order valence-corrected chi connectivity index (χ2v) is 20.0. The fraction of sp³-hybridized carbons (Fsp3) is 0.0870. The second-order valence-electron chi connectivity index (χ2n) is 14.5. The number of nitrogens with one attached hydrogen (secondary N) is 2. The van der Waals surface area contributed by atoms with Crippen LogP contribution in [-0.4, -0.2) is 43.2 Å². The van der Waals surface area contributed by atoms with E-state index in [0.29, 0.717) is 0 Å². The fourth-order valence-electron chi connectivity index (χ4n) is 7.83. The summed E-state index contributed by atoms with van der Waals surface area (Å²) in [7, 11) is -13.9. The number of hydrogen-bond donors (Lipinski definition) is 4. The van der Waals surface area contributed by atoms with Gasteiger partial charge in [-0.15, -0.1) is 0 Å². The molecule has 0 aliphatic carbocycles. The van der Waals surface area contributed by atoms with Crippen molar-refractivity contribution in [1.82, 2.24) is 0 Å². The number of rotatable bonds is 10. The first kappa shape index (κ1) is 40.4. The van der Waals surface area contributed by atoms with Gasteiger partial charge in [0.05, 0.1) is 45.0 Å². The van der Waals surface area contributed by atoms with Crippen molar-refractivity contribution in [1.29, 1.82) is 0 Å². The Morgan fingerprint density at radius 3 is 1.21 bits per heavy atom. The van der Waals surface area contributed by atoms with Gasteiger partial charge in [-0.2, -0.15) is 0 Å². The van der Waals surface area contributed by atoms with Crippen molar-refractivity contribution >= 4 is 102 Å². The minimum Gasteiger partial charge on any atom is -0.321 e. The number of sulfone groups is 1. The molecule has 1 heterocycles. The van der Waals surface area contributed by atoms with Gasteiger partial charge in [0.15, 0.2) is 0 Å². The van der Waals surface area contributed by atoms with E-state index in [1.807, 2.05) is 72.8 Å². The lowest BCUT2D eigenvalue weighted by Crippen LogP contribution is -2.21. The van der Waals surface area contributed by atoms with E-state index in [9.17, 15) is 36.9 Å². The Morgan fingerprint density at radius 1 is 0.508 bits per heavy atom. The third-order valence-corrected chi connectivity index (χ3v) is 15.7. The molecule has 0 saturated heterocycles. The van der Waals surface area contributed by atoms with Gasteiger partial charge in [-0.25, -0.2) is 8.42 Å². The van der Waals surface area contributed by atoms with Crippen LogP contribution in [0.3, 0.4) is 0 Å². The first-order valence-electron chi connectivity index (χ1n) is 19.2. The third-order valence-electron chi connectivity index (χ3n) is 10.7. The molecule has 1 aliphatic rings. The van der Waals surface area contributed by atoms with Gasteiger partial charge in [0, 0.05) is 22.3 Å². The predicted molar refractivity (Wildman–Crippen MR) is 238 cm³/mol. The number of carbonyl (C=O) groups is 2. The molecule has 2 amide bonds. The molecule has 2 atom stereocenters. The van der Waals surface area contributed by atoms with Crippen molar-refractivity contribution in [2.24, 2.45) is 0 Å². The van der Waals surface area contributed by atoms with E-state index in [1.165, 1.54) is 13.8 Å². The Morgan fingerprint density at radius 2 is 0.852 bits per heavy atom. The first-order chi connectivity index (χ1) is 29.2. The lowest BCUT2D eigenvalue weighted by Gasteiger charge is -2.19. The Kier molecular flexibility index (Phi) is 10.0. The molecule has 0 saturated carbocycles. The SMILES string of the molecule is CCOP(=O)(O)c1cc2c(cc1NC(=O)c1ccc3cc4ccccc4cc3c1)S(=O)(=O)c1cc(NC(=O)c3ccc4cc5ccccc5cc4c3)c(P(=O)(O)OCC)cc1-2. The van der Waals surface area contributed by atoms with Crippen LogP contribution in [0.2, 0.25) is 0 Å². The third kappa shape index (κ3) is 7.24. The van der Waals surface area contributed by atoms with E-state index in [2.05, 4.69) is 10.6 Å². The van der Waals surface area contributed by atoms with Crippen molar-refractivity contribution in [3.63, 3.8) is 0 Å². The summed E-state index contributed by atoms with van der Waals surface area (Å²) in [4.78, 5) is 49.4. The van der Waals surface area contributed by atoms with Crippen LogP contribution in [0.5, 0.6) is 0 Å². The van der Waals surface area contributed by atoms with Gasteiger partial charge < -0.3 is 29.5 Å². The van der Waals surface area contributed by atoms with Crippen LogP contribution in [0.1, 0.15) is 34.6 Å². The molecule has 0 aromatic heterocycles. The summed E-state index contributed by atoms with van der Waals surface area (Å²) >= 11 is 0. The molecule has 0 bridgehead atoms. The normalized spacial score (nSPS) is 15.0. The van der Waals surface area contributed by atoms with E-state index < -0.39 is 47.5 Å². The van der Waals surface area contributed by atoms with Crippen LogP contribution in [-0.2, 0) is 28.0 Å². The van der Waals surface area contributed by atoms with Crippen molar-refractivity contribution in [3.05, 3.63) is 145 Å². The molecule has 15 heteroatoms. The number of benzene rings is 8. The molecular formula is C46H36N2O10P2S. The zero-order valence-electron chi connectivity index (χ0n) is 32.6. The average Bonchev–Trinajstić information content (AvgIpc) is 3.45. The summed E-state index contributed by atoms with van der Waals surface area (Å²) in [6.07, 6.45) is 0. The number of amides is 2. The monoisotopic (exact) mass is 870 g/mol. The van der Waals surface area contributed by atoms with Crippen molar-refractivity contribution in [2.45, 2.75) is 23.6 Å². The van der Waals surface area contributed by atoms with E-state index in [4.69, 9.17) is 9.05 Å². The predicted octanol–water partition coefficient (Wildman–Crippen LogP) is 9.31. The molecule has 0 radical (unpaired) electrons. The van der Waals surface area contributed by atoms with Crippen molar-refractivity contribution in [3.8, 4) is 11.1 Å². The average molecular weight is 871 g/mol. The van der Waals surface area contributed by atoms with Crippen LogP contribution >= 0.6 is 15.2 Å². The molecule has 0 fully saturated rings. The highest BCUT2D eigenvalue weighted by atomic mass is 32.2.